The van der Waals surface area contributed by atoms with E-state index in [9.17, 15) is 14.3 Å². The van der Waals surface area contributed by atoms with Crippen molar-refractivity contribution in [3.63, 3.8) is 0 Å². The van der Waals surface area contributed by atoms with E-state index in [0.717, 1.165) is 11.9 Å². The van der Waals surface area contributed by atoms with Gasteiger partial charge in [0.2, 0.25) is 0 Å². The lowest BCUT2D eigenvalue weighted by Crippen LogP contribution is -2.47. The topological polar surface area (TPSA) is 137 Å². The number of aromatic nitrogens is 4. The van der Waals surface area contributed by atoms with Crippen molar-refractivity contribution in [3.05, 3.63) is 66.4 Å². The zero-order valence-corrected chi connectivity index (χ0v) is 18.6. The summed E-state index contributed by atoms with van der Waals surface area (Å²) in [7, 11) is 0. The van der Waals surface area contributed by atoms with Gasteiger partial charge in [0.25, 0.3) is 0 Å². The third-order valence-electron chi connectivity index (χ3n) is 5.99. The van der Waals surface area contributed by atoms with Crippen molar-refractivity contribution < 1.29 is 19.4 Å². The van der Waals surface area contributed by atoms with Gasteiger partial charge < -0.3 is 26.2 Å². The zero-order valence-electron chi connectivity index (χ0n) is 18.6. The third kappa shape index (κ3) is 4.91. The van der Waals surface area contributed by atoms with E-state index in [1.165, 1.54) is 10.7 Å². The summed E-state index contributed by atoms with van der Waals surface area (Å²) in [5.74, 6) is -0.885. The summed E-state index contributed by atoms with van der Waals surface area (Å²) in [5.41, 5.74) is 1.89. The maximum atomic E-state index is 14.8. The number of aliphatic carboxylic acids is 1. The van der Waals surface area contributed by atoms with Crippen molar-refractivity contribution in [1.82, 2.24) is 25.1 Å². The summed E-state index contributed by atoms with van der Waals surface area (Å²) in [5, 5.41) is 33.0. The second-order valence-corrected chi connectivity index (χ2v) is 8.35. The van der Waals surface area contributed by atoms with Crippen LogP contribution in [0.3, 0.4) is 0 Å². The molecule has 0 saturated carbocycles. The minimum atomic E-state index is -0.847. The largest absolute Gasteiger partial charge is 0.481 e. The van der Waals surface area contributed by atoms with Crippen LogP contribution in [0.1, 0.15) is 12.1 Å². The summed E-state index contributed by atoms with van der Waals surface area (Å²) in [6.45, 7) is 0.957. The molecule has 11 heteroatoms. The normalized spacial score (nSPS) is 17.9. The van der Waals surface area contributed by atoms with Gasteiger partial charge in [-0.1, -0.05) is 0 Å². The van der Waals surface area contributed by atoms with E-state index < -0.39 is 17.7 Å². The number of fused-ring (bicyclic) bond motifs is 1. The fraction of sp³-hybridized carbons (Fsp3) is 0.250. The number of pyridine rings is 2. The predicted molar refractivity (Wildman–Crippen MR) is 128 cm³/mol. The van der Waals surface area contributed by atoms with E-state index in [1.807, 2.05) is 6.07 Å². The van der Waals surface area contributed by atoms with Crippen LogP contribution in [0.15, 0.2) is 54.9 Å². The first-order chi connectivity index (χ1) is 17.0. The van der Waals surface area contributed by atoms with Crippen LogP contribution in [0.4, 0.5) is 21.7 Å². The molecule has 1 saturated heterocycles. The van der Waals surface area contributed by atoms with Crippen molar-refractivity contribution in [2.75, 3.05) is 23.7 Å². The van der Waals surface area contributed by atoms with Crippen LogP contribution >= 0.6 is 0 Å². The molecule has 35 heavy (non-hydrogen) atoms. The molecule has 0 unspecified atom stereocenters. The first-order valence-electron chi connectivity index (χ1n) is 11.2. The molecule has 0 amide bonds. The lowest BCUT2D eigenvalue weighted by Gasteiger charge is -2.30. The zero-order chi connectivity index (χ0) is 24.4. The van der Waals surface area contributed by atoms with E-state index in [-0.39, 0.29) is 18.3 Å². The number of benzene rings is 1. The van der Waals surface area contributed by atoms with Crippen molar-refractivity contribution in [2.45, 2.75) is 19.1 Å². The van der Waals surface area contributed by atoms with Crippen LogP contribution < -0.4 is 16.0 Å². The minimum absolute atomic E-state index is 0.188. The molecule has 180 valence electrons. The Kier molecular flexibility index (Phi) is 6.25. The van der Waals surface area contributed by atoms with Crippen molar-refractivity contribution in [2.24, 2.45) is 5.92 Å². The highest BCUT2D eigenvalue weighted by atomic mass is 19.1. The van der Waals surface area contributed by atoms with E-state index >= 15 is 0 Å². The number of halogens is 1. The first-order valence-corrected chi connectivity index (χ1v) is 11.2. The predicted octanol–water partition coefficient (Wildman–Crippen LogP) is 2.67. The standard InChI is InChI=1S/C24H24FN7O3/c25-18-9-16(32-8-6-15(13-33)31-32)2-3-20(18)29-23-10-21-14(11-27-23)1-4-22(30-21)28-19-5-7-26-12-17(19)24(34)35/h1-4,6,8-11,17,19,26,33H,5,7,12-13H2,(H,27,29)(H,28,30)(H,34,35)/t17-,19+/m0/s1. The van der Waals surface area contributed by atoms with Crippen LogP contribution in [0.5, 0.6) is 0 Å². The molecule has 2 atom stereocenters. The van der Waals surface area contributed by atoms with Gasteiger partial charge in [0.15, 0.2) is 0 Å². The van der Waals surface area contributed by atoms with Gasteiger partial charge in [-0.25, -0.2) is 19.0 Å². The number of hydrogen-bond acceptors (Lipinski definition) is 8. The molecule has 0 aliphatic carbocycles. The molecule has 5 N–H and O–H groups in total. The van der Waals surface area contributed by atoms with Crippen molar-refractivity contribution in [3.8, 4) is 5.69 Å². The fourth-order valence-electron chi connectivity index (χ4n) is 4.12. The molecule has 3 aromatic heterocycles. The highest BCUT2D eigenvalue weighted by Crippen LogP contribution is 2.25. The van der Waals surface area contributed by atoms with E-state index in [1.54, 1.807) is 42.7 Å². The number of carbonyl (C=O) groups is 1. The SMILES string of the molecule is O=C(O)[C@H]1CNCC[C@H]1Nc1ccc2cnc(Nc3ccc(-n4ccc(CO)n4)cc3F)cc2n1. The number of nitrogens with one attached hydrogen (secondary N) is 3. The highest BCUT2D eigenvalue weighted by molar-refractivity contribution is 5.82. The van der Waals surface area contributed by atoms with Gasteiger partial charge in [-0.2, -0.15) is 5.10 Å². The third-order valence-corrected chi connectivity index (χ3v) is 5.99. The fourth-order valence-corrected chi connectivity index (χ4v) is 4.12. The number of anilines is 3. The van der Waals surface area contributed by atoms with Gasteiger partial charge in [-0.15, -0.1) is 0 Å². The van der Waals surface area contributed by atoms with Crippen LogP contribution in [0.25, 0.3) is 16.6 Å². The Hall–Kier alpha value is -4.09. The molecule has 4 heterocycles. The Labute approximate surface area is 199 Å². The molecule has 10 nitrogen and oxygen atoms in total. The summed E-state index contributed by atoms with van der Waals surface area (Å²) in [6.07, 6.45) is 3.97. The van der Waals surface area contributed by atoms with E-state index in [2.05, 4.69) is 31.0 Å². The van der Waals surface area contributed by atoms with Gasteiger partial charge in [0, 0.05) is 42.5 Å². The van der Waals surface area contributed by atoms with Crippen molar-refractivity contribution in [1.29, 1.82) is 0 Å². The Morgan fingerprint density at radius 1 is 1.20 bits per heavy atom. The Morgan fingerprint density at radius 2 is 2.09 bits per heavy atom. The van der Waals surface area contributed by atoms with Crippen LogP contribution in [-0.2, 0) is 11.4 Å². The number of aliphatic hydroxyl groups excluding tert-OH is 1. The average Bonchev–Trinajstić information content (AvgIpc) is 3.35. The molecular formula is C24H24FN7O3. The lowest BCUT2D eigenvalue weighted by molar-refractivity contribution is -0.142. The quantitative estimate of drug-likeness (QED) is 0.272. The molecule has 1 aromatic carbocycles. The molecular weight excluding hydrogens is 453 g/mol. The van der Waals surface area contributed by atoms with Crippen LogP contribution in [0, 0.1) is 11.7 Å². The Balaban J connectivity index is 1.35. The second-order valence-electron chi connectivity index (χ2n) is 8.35. The van der Waals surface area contributed by atoms with Gasteiger partial charge in [-0.3, -0.25) is 4.79 Å². The molecule has 0 radical (unpaired) electrons. The Bertz CT molecular complexity index is 1380. The number of aliphatic hydroxyl groups is 1. The highest BCUT2D eigenvalue weighted by Gasteiger charge is 2.30. The van der Waals surface area contributed by atoms with Crippen LogP contribution in [0.2, 0.25) is 0 Å². The summed E-state index contributed by atoms with van der Waals surface area (Å²) in [6, 6.07) is 11.4. The minimum Gasteiger partial charge on any atom is -0.481 e. The maximum Gasteiger partial charge on any atom is 0.309 e. The number of rotatable bonds is 7. The second kappa shape index (κ2) is 9.65. The molecule has 1 aliphatic heterocycles. The average molecular weight is 478 g/mol. The number of carboxylic acids is 1. The number of nitrogens with zero attached hydrogens (tertiary/aromatic N) is 4. The summed E-state index contributed by atoms with van der Waals surface area (Å²) in [4.78, 5) is 20.5. The monoisotopic (exact) mass is 477 g/mol. The summed E-state index contributed by atoms with van der Waals surface area (Å²) >= 11 is 0. The molecule has 1 fully saturated rings. The van der Waals surface area contributed by atoms with Gasteiger partial charge in [0.05, 0.1) is 35.1 Å². The molecule has 0 bridgehead atoms. The first kappa shape index (κ1) is 22.7. The van der Waals surface area contributed by atoms with Gasteiger partial charge in [0.1, 0.15) is 17.5 Å². The van der Waals surface area contributed by atoms with E-state index in [0.29, 0.717) is 41.5 Å². The van der Waals surface area contributed by atoms with Crippen molar-refractivity contribution >= 4 is 34.2 Å². The molecule has 1 aliphatic rings. The molecule has 0 spiro atoms. The molecule has 4 aromatic rings. The van der Waals surface area contributed by atoms with Gasteiger partial charge >= 0.3 is 5.97 Å². The summed E-state index contributed by atoms with van der Waals surface area (Å²) < 4.78 is 16.3. The van der Waals surface area contributed by atoms with Gasteiger partial charge in [-0.05, 0) is 43.3 Å². The van der Waals surface area contributed by atoms with Crippen LogP contribution in [-0.4, -0.2) is 55.1 Å². The smallest absolute Gasteiger partial charge is 0.309 e. The maximum absolute atomic E-state index is 14.8. The van der Waals surface area contributed by atoms with E-state index in [4.69, 9.17) is 5.11 Å². The molecule has 5 rings (SSSR count). The lowest BCUT2D eigenvalue weighted by atomic mass is 9.93. The Morgan fingerprint density at radius 3 is 2.86 bits per heavy atom. The number of carboxylic acid groups (broad SMARTS) is 1. The number of hydrogen-bond donors (Lipinski definition) is 5. The number of piperidine rings is 1.